The molecule has 0 unspecified atom stereocenters. The van der Waals surface area contributed by atoms with E-state index in [9.17, 15) is 5.11 Å². The van der Waals surface area contributed by atoms with E-state index in [1.54, 1.807) is 6.07 Å². The molecular weight excluding hydrogens is 1240 g/mol. The summed E-state index contributed by atoms with van der Waals surface area (Å²) in [6, 6.07) is 72.5. The Morgan fingerprint density at radius 2 is 0.782 bits per heavy atom. The van der Waals surface area contributed by atoms with Crippen molar-refractivity contribution in [3.63, 3.8) is 0 Å². The van der Waals surface area contributed by atoms with Crippen molar-refractivity contribution >= 4 is 54.6 Å². The summed E-state index contributed by atoms with van der Waals surface area (Å²) in [6.45, 7) is 34.3. The fourth-order valence-electron chi connectivity index (χ4n) is 12.5. The third kappa shape index (κ3) is 10.6. The number of nitrogens with zero attached hydrogens (tertiary/aromatic N) is 5. The van der Waals surface area contributed by atoms with Gasteiger partial charge in [-0.2, -0.15) is 0 Å². The number of aromatic hydroxyl groups is 1. The van der Waals surface area contributed by atoms with E-state index >= 15 is 0 Å². The maximum absolute atomic E-state index is 11.9. The number of hydrogen-bond acceptors (Lipinski definition) is 3. The van der Waals surface area contributed by atoms with Crippen LogP contribution >= 0.6 is 0 Å². The quantitative estimate of drug-likeness (QED) is 0.162. The molecule has 13 rings (SSSR count). The first-order valence-corrected chi connectivity index (χ1v) is 30.4. The Morgan fingerprint density at radius 1 is 0.356 bits per heavy atom. The van der Waals surface area contributed by atoms with Crippen molar-refractivity contribution in [2.24, 2.45) is 0 Å². The van der Waals surface area contributed by atoms with E-state index in [1.165, 1.54) is 60.5 Å². The third-order valence-electron chi connectivity index (χ3n) is 17.6. The fraction of sp³-hybridized carbons (Fsp3) is 0.250. The summed E-state index contributed by atoms with van der Waals surface area (Å²) >= 11 is 0. The van der Waals surface area contributed by atoms with Gasteiger partial charge in [-0.15, -0.1) is 29.3 Å². The molecule has 0 atom stereocenters. The zero-order chi connectivity index (χ0) is 60.6. The Labute approximate surface area is 527 Å². The fourth-order valence-corrected chi connectivity index (χ4v) is 12.5. The minimum Gasteiger partial charge on any atom is -0.507 e. The molecule has 0 fully saturated rings. The van der Waals surface area contributed by atoms with E-state index in [2.05, 4.69) is 287 Å². The minimum absolute atomic E-state index is 0. The Bertz CT molecular complexity index is 4740. The van der Waals surface area contributed by atoms with Crippen LogP contribution in [-0.4, -0.2) is 28.8 Å². The number of rotatable bonds is 7. The summed E-state index contributed by atoms with van der Waals surface area (Å²) in [7, 11) is 0. The summed E-state index contributed by atoms with van der Waals surface area (Å²) in [5.41, 5.74) is 21.4. The molecule has 4 aromatic heterocycles. The van der Waals surface area contributed by atoms with Crippen molar-refractivity contribution in [1.82, 2.24) is 23.7 Å². The molecule has 13 aromatic rings. The van der Waals surface area contributed by atoms with Crippen molar-refractivity contribution in [3.05, 3.63) is 228 Å². The molecular formula is C80H78N5OPt-. The summed E-state index contributed by atoms with van der Waals surface area (Å²) in [5.74, 6) is 0.815. The summed E-state index contributed by atoms with van der Waals surface area (Å²) in [4.78, 5) is 10.9. The number of aromatic nitrogens is 5. The van der Waals surface area contributed by atoms with Crippen LogP contribution in [0, 0.1) is 6.07 Å². The van der Waals surface area contributed by atoms with Crippen LogP contribution < -0.4 is 0 Å². The second-order valence-corrected chi connectivity index (χ2v) is 29.0. The van der Waals surface area contributed by atoms with Gasteiger partial charge in [-0.3, -0.25) is 9.55 Å². The van der Waals surface area contributed by atoms with Gasteiger partial charge in [0.25, 0.3) is 0 Å². The molecule has 0 radical (unpaired) electrons. The molecule has 1 N–H and O–H groups in total. The van der Waals surface area contributed by atoms with Crippen molar-refractivity contribution in [1.29, 1.82) is 0 Å². The molecule has 4 heterocycles. The van der Waals surface area contributed by atoms with Gasteiger partial charge in [-0.25, -0.2) is 4.98 Å². The first-order valence-electron chi connectivity index (χ1n) is 30.4. The zero-order valence-corrected chi connectivity index (χ0v) is 55.2. The second kappa shape index (κ2) is 21.2. The molecule has 9 aromatic carbocycles. The zero-order valence-electron chi connectivity index (χ0n) is 53.0. The number of pyridine rings is 1. The van der Waals surface area contributed by atoms with E-state index in [0.29, 0.717) is 11.4 Å². The van der Waals surface area contributed by atoms with Gasteiger partial charge in [0.2, 0.25) is 0 Å². The van der Waals surface area contributed by atoms with Crippen LogP contribution in [0.3, 0.4) is 0 Å². The van der Waals surface area contributed by atoms with Crippen LogP contribution in [0.4, 0.5) is 0 Å². The molecule has 6 nitrogen and oxygen atoms in total. The number of hydrogen-bond donors (Lipinski definition) is 1. The average Bonchev–Trinajstić information content (AvgIpc) is 1.65. The van der Waals surface area contributed by atoms with Gasteiger partial charge in [-0.1, -0.05) is 212 Å². The maximum Gasteiger partial charge on any atom is 0.148 e. The van der Waals surface area contributed by atoms with Crippen LogP contribution in [0.2, 0.25) is 0 Å². The topological polar surface area (TPSA) is 60.8 Å². The van der Waals surface area contributed by atoms with Gasteiger partial charge in [0.15, 0.2) is 0 Å². The molecule has 440 valence electrons. The monoisotopic (exact) mass is 1320 g/mol. The van der Waals surface area contributed by atoms with Crippen LogP contribution in [-0.2, 0) is 48.1 Å². The maximum atomic E-state index is 11.9. The predicted molar refractivity (Wildman–Crippen MR) is 363 cm³/mol. The van der Waals surface area contributed by atoms with Crippen molar-refractivity contribution in [2.45, 2.75) is 131 Å². The Hall–Kier alpha value is -8.31. The Morgan fingerprint density at radius 3 is 1.30 bits per heavy atom. The first-order chi connectivity index (χ1) is 40.7. The molecule has 87 heavy (non-hydrogen) atoms. The normalized spacial score (nSPS) is 12.7. The first kappa shape index (κ1) is 59.0. The average molecular weight is 1320 g/mol. The van der Waals surface area contributed by atoms with Crippen LogP contribution in [0.25, 0.3) is 117 Å². The molecule has 0 amide bonds. The molecule has 0 spiro atoms. The summed E-state index contributed by atoms with van der Waals surface area (Å²) < 4.78 is 7.14. The summed E-state index contributed by atoms with van der Waals surface area (Å²) in [5, 5.41) is 16.7. The van der Waals surface area contributed by atoms with Gasteiger partial charge in [0.1, 0.15) is 11.6 Å². The molecule has 0 aliphatic heterocycles. The molecule has 0 aliphatic carbocycles. The number of benzene rings is 9. The van der Waals surface area contributed by atoms with Crippen molar-refractivity contribution < 1.29 is 26.2 Å². The number of fused-ring (bicyclic) bond motifs is 7. The van der Waals surface area contributed by atoms with Crippen LogP contribution in [0.1, 0.15) is 132 Å². The van der Waals surface area contributed by atoms with Gasteiger partial charge < -0.3 is 14.2 Å². The van der Waals surface area contributed by atoms with Gasteiger partial charge in [0.05, 0.1) is 38.7 Å². The molecule has 0 saturated carbocycles. The molecule has 7 heteroatoms. The Kier molecular flexibility index (Phi) is 14.4. The third-order valence-corrected chi connectivity index (χ3v) is 17.6. The molecule has 0 aliphatic rings. The van der Waals surface area contributed by atoms with Crippen LogP contribution in [0.5, 0.6) is 5.75 Å². The SMILES string of the molecule is CC(C)(C)c1cc(-c2cc(-c3ccc4c(c3)c3ccccc3n4-c3cc(C(C)(C)C)cc(C(C)(C)C)c3)ccn2)[c-]c(-c2cc(-n3c4ccccc4c4ccccc43)cc3c2nc(-c2ccccc2O)n3-c2cc(C(C)(C)C)cc(C(C)(C)C)c2)c1.[Pt]. The number of phenols is 1. The second-order valence-electron chi connectivity index (χ2n) is 29.0. The largest absolute Gasteiger partial charge is 0.507 e. The number of para-hydroxylation sites is 4. The van der Waals surface area contributed by atoms with Gasteiger partial charge >= 0.3 is 0 Å². The molecule has 0 bridgehead atoms. The van der Waals surface area contributed by atoms with Gasteiger partial charge in [-0.05, 0) is 139 Å². The Balaban J connectivity index is 0.00000739. The number of imidazole rings is 1. The summed E-state index contributed by atoms with van der Waals surface area (Å²) in [6.07, 6.45) is 1.94. The number of phenolic OH excluding ortho intramolecular Hbond substituents is 1. The predicted octanol–water partition coefficient (Wildman–Crippen LogP) is 21.3. The van der Waals surface area contributed by atoms with E-state index in [0.717, 1.165) is 72.5 Å². The molecule has 0 saturated heterocycles. The van der Waals surface area contributed by atoms with E-state index in [4.69, 9.17) is 9.97 Å². The standard InChI is InChI=1S/C80H78N5O.Pt/c1-76(2,3)53-37-51(36-52(38-53)67-40-50(34-35-81-67)49-32-33-71-66(39-49)63-26-18-22-30-70(63)83(71)58-43-54(77(4,5)6)41-55(44-58)78(7,8)9)65-47-60(84-68-28-20-16-24-61(68)62-25-17-21-29-69(62)84)48-72-74(65)82-75(64-27-19-23-31-73(64)86)85(72)59-45-56(79(10,11)12)42-57(46-59)80(13,14)15;/h16-35,37-48,86H,1-15H3;/q-1;. The van der Waals surface area contributed by atoms with Gasteiger partial charge in [0, 0.05) is 71.6 Å². The van der Waals surface area contributed by atoms with E-state index in [-0.39, 0.29) is 53.9 Å². The minimum atomic E-state index is -0.254. The van der Waals surface area contributed by atoms with E-state index in [1.807, 2.05) is 24.4 Å². The van der Waals surface area contributed by atoms with Crippen molar-refractivity contribution in [3.8, 4) is 67.7 Å². The van der Waals surface area contributed by atoms with Crippen LogP contribution in [0.15, 0.2) is 194 Å². The van der Waals surface area contributed by atoms with Crippen molar-refractivity contribution in [2.75, 3.05) is 0 Å². The van der Waals surface area contributed by atoms with E-state index < -0.39 is 0 Å². The smallest absolute Gasteiger partial charge is 0.148 e.